The first kappa shape index (κ1) is 31.9. The number of thiophene rings is 1. The lowest BCUT2D eigenvalue weighted by molar-refractivity contribution is 0.0618. The molecule has 0 spiro atoms. The average Bonchev–Trinajstić information content (AvgIpc) is 3.36. The lowest BCUT2D eigenvalue weighted by Gasteiger charge is -2.34. The van der Waals surface area contributed by atoms with Gasteiger partial charge >= 0.3 is 0 Å². The number of benzene rings is 3. The third-order valence-electron chi connectivity index (χ3n) is 7.37. The van der Waals surface area contributed by atoms with Gasteiger partial charge in [0.2, 0.25) is 0 Å². The molecule has 42 heavy (non-hydrogen) atoms. The quantitative estimate of drug-likeness (QED) is 0.228. The smallest absolute Gasteiger partial charge is 0.266 e. The van der Waals surface area contributed by atoms with E-state index in [9.17, 15) is 22.0 Å². The topological polar surface area (TPSA) is 89.7 Å². The van der Waals surface area contributed by atoms with Crippen LogP contribution in [0.4, 0.5) is 8.78 Å². The summed E-state index contributed by atoms with van der Waals surface area (Å²) in [5.41, 5.74) is 6.39. The van der Waals surface area contributed by atoms with Crippen LogP contribution >= 0.6 is 22.9 Å². The summed E-state index contributed by atoms with van der Waals surface area (Å²) in [5, 5.41) is -0.179. The van der Waals surface area contributed by atoms with Crippen molar-refractivity contribution in [3.05, 3.63) is 81.7 Å². The van der Waals surface area contributed by atoms with E-state index in [2.05, 4.69) is 5.73 Å². The van der Waals surface area contributed by atoms with E-state index in [1.54, 1.807) is 41.3 Å². The van der Waals surface area contributed by atoms with Crippen molar-refractivity contribution in [1.82, 2.24) is 4.90 Å². The van der Waals surface area contributed by atoms with Gasteiger partial charge in [0.1, 0.15) is 22.3 Å². The molecule has 5 rings (SSSR count). The number of amides is 1. The number of hydrogen-bond donors (Lipinski definition) is 1. The number of sulfone groups is 1. The number of nitrogens with two attached hydrogens (primary N) is 1. The molecule has 4 aromatic rings. The summed E-state index contributed by atoms with van der Waals surface area (Å²) in [4.78, 5) is 16.1. The van der Waals surface area contributed by atoms with Crippen LogP contribution in [-0.2, 0) is 16.4 Å². The molecule has 1 heterocycles. The molecule has 1 aliphatic carbocycles. The lowest BCUT2D eigenvalue weighted by atomic mass is 9.93. The Morgan fingerprint density at radius 3 is 2.36 bits per heavy atom. The zero-order valence-electron chi connectivity index (χ0n) is 23.6. The molecule has 0 radical (unpaired) electrons. The summed E-state index contributed by atoms with van der Waals surface area (Å²) < 4.78 is 59.7. The van der Waals surface area contributed by atoms with Crippen molar-refractivity contribution < 1.29 is 26.7 Å². The second-order valence-electron chi connectivity index (χ2n) is 10.00. The minimum Gasteiger partial charge on any atom is -0.496 e. The van der Waals surface area contributed by atoms with Gasteiger partial charge < -0.3 is 15.4 Å². The van der Waals surface area contributed by atoms with E-state index in [4.69, 9.17) is 16.3 Å². The molecule has 0 aliphatic heterocycles. The van der Waals surface area contributed by atoms with Crippen LogP contribution in [0.1, 0.15) is 47.3 Å². The summed E-state index contributed by atoms with van der Waals surface area (Å²) in [5.74, 6) is -1.18. The van der Waals surface area contributed by atoms with Crippen molar-refractivity contribution in [1.29, 1.82) is 0 Å². The summed E-state index contributed by atoms with van der Waals surface area (Å²) >= 11 is 7.37. The summed E-state index contributed by atoms with van der Waals surface area (Å²) in [6.45, 7) is 0.150. The van der Waals surface area contributed by atoms with Crippen molar-refractivity contribution in [3.8, 4) is 16.9 Å². The normalized spacial score (nSPS) is 13.9. The number of hydrogen-bond acceptors (Lipinski definition) is 6. The number of rotatable bonds is 7. The highest BCUT2D eigenvalue weighted by Gasteiger charge is 2.31. The molecular formula is C31H33ClF2N2O4S2. The third kappa shape index (κ3) is 6.46. The minimum atomic E-state index is -3.49. The molecule has 1 fully saturated rings. The van der Waals surface area contributed by atoms with Gasteiger partial charge in [0.15, 0.2) is 9.84 Å². The maximum atomic E-state index is 14.6. The second kappa shape index (κ2) is 13.5. The van der Waals surface area contributed by atoms with Crippen molar-refractivity contribution in [3.63, 3.8) is 0 Å². The Morgan fingerprint density at radius 1 is 1.05 bits per heavy atom. The largest absolute Gasteiger partial charge is 0.496 e. The first-order valence-electron chi connectivity index (χ1n) is 13.5. The van der Waals surface area contributed by atoms with Gasteiger partial charge in [-0.2, -0.15) is 0 Å². The summed E-state index contributed by atoms with van der Waals surface area (Å²) in [7, 11) is -0.463. The van der Waals surface area contributed by atoms with Crippen LogP contribution in [0.25, 0.3) is 21.2 Å². The van der Waals surface area contributed by atoms with E-state index in [1.165, 1.54) is 20.4 Å². The van der Waals surface area contributed by atoms with Crippen LogP contribution in [0, 0.1) is 11.6 Å². The molecule has 1 aliphatic rings. The predicted octanol–water partition coefficient (Wildman–Crippen LogP) is 7.46. The molecule has 2 N–H and O–H groups in total. The lowest BCUT2D eigenvalue weighted by Crippen LogP contribution is -2.40. The Balaban J connectivity index is 0.00000198. The van der Waals surface area contributed by atoms with Crippen LogP contribution in [0.5, 0.6) is 5.75 Å². The van der Waals surface area contributed by atoms with Crippen LogP contribution in [0.15, 0.2) is 59.5 Å². The van der Waals surface area contributed by atoms with Gasteiger partial charge in [0, 0.05) is 30.0 Å². The highest BCUT2D eigenvalue weighted by Crippen LogP contribution is 2.41. The van der Waals surface area contributed by atoms with Crippen molar-refractivity contribution in [2.75, 3.05) is 20.4 Å². The third-order valence-corrected chi connectivity index (χ3v) is 10.2. The maximum absolute atomic E-state index is 14.6. The maximum Gasteiger partial charge on any atom is 0.266 e. The average molecular weight is 635 g/mol. The SMILES string of the molecule is CN.COc1ccc(-c2ccccc2S(C)(=O)=O)cc1CN(C(=O)c1sc2c(F)ccc(F)c2c1Cl)C1CCCCC1. The van der Waals surface area contributed by atoms with Gasteiger partial charge in [0.05, 0.1) is 27.1 Å². The van der Waals surface area contributed by atoms with E-state index in [-0.39, 0.29) is 37.5 Å². The molecule has 0 saturated heterocycles. The second-order valence-corrected chi connectivity index (χ2v) is 13.4. The fraction of sp³-hybridized carbons (Fsp3) is 0.323. The van der Waals surface area contributed by atoms with E-state index < -0.39 is 27.4 Å². The number of ether oxygens (including phenoxy) is 1. The molecule has 224 valence electrons. The first-order chi connectivity index (χ1) is 20.1. The minimum absolute atomic E-state index is 0.00824. The Hall–Kier alpha value is -3.05. The molecule has 0 bridgehead atoms. The van der Waals surface area contributed by atoms with Gasteiger partial charge in [0.25, 0.3) is 5.91 Å². The highest BCUT2D eigenvalue weighted by atomic mass is 35.5. The zero-order chi connectivity index (χ0) is 30.6. The highest BCUT2D eigenvalue weighted by molar-refractivity contribution is 7.90. The first-order valence-corrected chi connectivity index (χ1v) is 16.6. The fourth-order valence-corrected chi connectivity index (χ4v) is 7.82. The number of carbonyl (C=O) groups is 1. The van der Waals surface area contributed by atoms with E-state index in [0.717, 1.165) is 55.6 Å². The molecule has 6 nitrogen and oxygen atoms in total. The number of fused-ring (bicyclic) bond motifs is 1. The van der Waals surface area contributed by atoms with Gasteiger partial charge in [-0.05, 0) is 55.8 Å². The van der Waals surface area contributed by atoms with Crippen LogP contribution in [0.3, 0.4) is 0 Å². The van der Waals surface area contributed by atoms with Crippen molar-refractivity contribution in [2.45, 2.75) is 49.6 Å². The van der Waals surface area contributed by atoms with Gasteiger partial charge in [-0.1, -0.05) is 55.1 Å². The Morgan fingerprint density at radius 2 is 1.71 bits per heavy atom. The zero-order valence-corrected chi connectivity index (χ0v) is 26.0. The molecule has 1 amide bonds. The number of halogens is 3. The number of carbonyl (C=O) groups excluding carboxylic acids is 1. The molecule has 1 saturated carbocycles. The molecule has 3 aromatic carbocycles. The van der Waals surface area contributed by atoms with Crippen LogP contribution < -0.4 is 10.5 Å². The molecular weight excluding hydrogens is 602 g/mol. The van der Waals surface area contributed by atoms with Crippen LogP contribution in [-0.4, -0.2) is 45.7 Å². The number of methoxy groups -OCH3 is 1. The van der Waals surface area contributed by atoms with Crippen LogP contribution in [0.2, 0.25) is 5.02 Å². The van der Waals surface area contributed by atoms with E-state index in [1.807, 2.05) is 6.07 Å². The molecule has 0 unspecified atom stereocenters. The Labute approximate surface area is 254 Å². The fourth-order valence-electron chi connectivity index (χ4n) is 5.41. The van der Waals surface area contributed by atoms with Gasteiger partial charge in [-0.3, -0.25) is 4.79 Å². The Bertz CT molecular complexity index is 1700. The summed E-state index contributed by atoms with van der Waals surface area (Å²) in [6.07, 6.45) is 5.72. The Kier molecular flexibility index (Phi) is 10.2. The predicted molar refractivity (Wildman–Crippen MR) is 165 cm³/mol. The standard InChI is InChI=1S/C30H28ClF2NO4S2.CH5N/c1-38-24-15-12-18(21-10-6-7-11-25(21)40(2,36)37)16-19(24)17-34(20-8-4-3-5-9-20)30(35)29-27(31)26-22(32)13-14-23(33)28(26)39-29;1-2/h6-7,10-16,20H,3-5,8-9,17H2,1-2H3;2H2,1H3. The summed E-state index contributed by atoms with van der Waals surface area (Å²) in [6, 6.07) is 14.1. The molecule has 1 aromatic heterocycles. The van der Waals surface area contributed by atoms with Gasteiger partial charge in [-0.15, -0.1) is 11.3 Å². The van der Waals surface area contributed by atoms with E-state index >= 15 is 0 Å². The van der Waals surface area contributed by atoms with E-state index in [0.29, 0.717) is 22.4 Å². The monoisotopic (exact) mass is 634 g/mol. The number of nitrogens with zero attached hydrogens (tertiary/aromatic N) is 1. The van der Waals surface area contributed by atoms with Crippen molar-refractivity contribution >= 4 is 48.8 Å². The van der Waals surface area contributed by atoms with Crippen molar-refractivity contribution in [2.24, 2.45) is 5.73 Å². The van der Waals surface area contributed by atoms with Gasteiger partial charge in [-0.25, -0.2) is 17.2 Å². The molecule has 0 atom stereocenters. The molecule has 11 heteroatoms.